The van der Waals surface area contributed by atoms with E-state index in [0.29, 0.717) is 28.4 Å². The van der Waals surface area contributed by atoms with E-state index in [0.717, 1.165) is 38.5 Å². The van der Waals surface area contributed by atoms with Crippen molar-refractivity contribution in [1.82, 2.24) is 14.9 Å². The minimum atomic E-state index is -1.11. The molecule has 1 amide bonds. The number of aliphatic carboxylic acids is 1. The van der Waals surface area contributed by atoms with Crippen molar-refractivity contribution in [2.45, 2.75) is 83.8 Å². The van der Waals surface area contributed by atoms with Gasteiger partial charge >= 0.3 is 5.97 Å². The second-order valence-corrected chi connectivity index (χ2v) is 11.4. The third-order valence-electron chi connectivity index (χ3n) is 8.49. The third-order valence-corrected chi connectivity index (χ3v) is 8.49. The Kier molecular flexibility index (Phi) is 8.98. The summed E-state index contributed by atoms with van der Waals surface area (Å²) < 4.78 is 7.43. The Bertz CT molecular complexity index is 1460. The second-order valence-electron chi connectivity index (χ2n) is 11.4. The Hall–Kier alpha value is -3.78. The van der Waals surface area contributed by atoms with Gasteiger partial charge in [-0.2, -0.15) is 0 Å². The summed E-state index contributed by atoms with van der Waals surface area (Å²) in [5.41, 5.74) is 5.54. The highest BCUT2D eigenvalue weighted by Gasteiger charge is 2.30. The molecule has 0 radical (unpaired) electrons. The second kappa shape index (κ2) is 12.8. The number of fused-ring (bicyclic) bond motifs is 1. The minimum absolute atomic E-state index is 0.126. The van der Waals surface area contributed by atoms with E-state index in [1.54, 1.807) is 26.0 Å². The van der Waals surface area contributed by atoms with Gasteiger partial charge in [-0.1, -0.05) is 24.3 Å². The first kappa shape index (κ1) is 28.7. The molecule has 0 saturated heterocycles. The molecule has 0 unspecified atom stereocenters. The van der Waals surface area contributed by atoms with E-state index in [2.05, 4.69) is 17.4 Å². The van der Waals surface area contributed by atoms with Gasteiger partial charge in [0.15, 0.2) is 0 Å². The van der Waals surface area contributed by atoms with Crippen LogP contribution in [0.2, 0.25) is 0 Å². The predicted molar refractivity (Wildman–Crippen MR) is 157 cm³/mol. The van der Waals surface area contributed by atoms with Gasteiger partial charge in [0.05, 0.1) is 11.7 Å². The highest BCUT2D eigenvalue weighted by atomic mass is 16.5. The van der Waals surface area contributed by atoms with E-state index < -0.39 is 17.9 Å². The number of aromatic nitrogens is 2. The number of carboxylic acid groups (broad SMARTS) is 1. The maximum absolute atomic E-state index is 13.2. The van der Waals surface area contributed by atoms with Gasteiger partial charge in [0, 0.05) is 41.9 Å². The van der Waals surface area contributed by atoms with Crippen LogP contribution in [0.3, 0.4) is 0 Å². The van der Waals surface area contributed by atoms with Crippen LogP contribution in [0.25, 0.3) is 5.69 Å². The molecule has 0 spiro atoms. The summed E-state index contributed by atoms with van der Waals surface area (Å²) in [6, 6.07) is 13.8. The number of rotatable bonds is 11. The topological polar surface area (TPSA) is 111 Å². The number of amides is 1. The van der Waals surface area contributed by atoms with Gasteiger partial charge in [-0.15, -0.1) is 0 Å². The molecule has 2 aliphatic carbocycles. The van der Waals surface area contributed by atoms with Crippen molar-refractivity contribution in [3.05, 3.63) is 92.7 Å². The predicted octanol–water partition coefficient (Wildman–Crippen LogP) is 4.73. The number of aryl methyl sites for hydroxylation is 4. The molecule has 3 aromatic rings. The molecular formula is C33H39N3O5. The highest BCUT2D eigenvalue weighted by molar-refractivity contribution is 5.98. The van der Waals surface area contributed by atoms with Gasteiger partial charge in [0.25, 0.3) is 11.5 Å². The number of pyridine rings is 2. The monoisotopic (exact) mass is 557 g/mol. The zero-order valence-corrected chi connectivity index (χ0v) is 23.9. The first-order valence-corrected chi connectivity index (χ1v) is 14.7. The van der Waals surface area contributed by atoms with Gasteiger partial charge in [-0.3, -0.25) is 19.1 Å². The van der Waals surface area contributed by atoms with Crippen molar-refractivity contribution < 1.29 is 19.4 Å². The van der Waals surface area contributed by atoms with E-state index in [1.807, 2.05) is 18.2 Å². The fraction of sp³-hybridized carbons (Fsp3) is 0.455. The number of nitrogens with one attached hydrogen (secondary N) is 1. The zero-order valence-electron chi connectivity index (χ0n) is 23.9. The van der Waals surface area contributed by atoms with Gasteiger partial charge in [0.1, 0.15) is 6.04 Å². The van der Waals surface area contributed by atoms with E-state index in [4.69, 9.17) is 9.72 Å². The van der Waals surface area contributed by atoms with Gasteiger partial charge in [-0.05, 0) is 100 Å². The number of carbonyl (C=O) groups excluding carboxylic acids is 1. The molecule has 5 rings (SSSR count). The van der Waals surface area contributed by atoms with E-state index >= 15 is 0 Å². The molecule has 1 saturated carbocycles. The van der Waals surface area contributed by atoms with Crippen LogP contribution in [0, 0.1) is 19.8 Å². The maximum Gasteiger partial charge on any atom is 0.326 e. The molecule has 41 heavy (non-hydrogen) atoms. The molecule has 1 aromatic carbocycles. The van der Waals surface area contributed by atoms with Crippen LogP contribution >= 0.6 is 0 Å². The summed E-state index contributed by atoms with van der Waals surface area (Å²) in [5.74, 6) is -1.03. The first-order valence-electron chi connectivity index (χ1n) is 14.7. The van der Waals surface area contributed by atoms with Gasteiger partial charge < -0.3 is 15.2 Å². The Balaban J connectivity index is 1.10. The van der Waals surface area contributed by atoms with Crippen molar-refractivity contribution in [3.63, 3.8) is 0 Å². The Morgan fingerprint density at radius 2 is 1.85 bits per heavy atom. The quantitative estimate of drug-likeness (QED) is 0.353. The van der Waals surface area contributed by atoms with E-state index in [1.165, 1.54) is 40.4 Å². The molecule has 2 heterocycles. The van der Waals surface area contributed by atoms with Crippen LogP contribution < -0.4 is 10.9 Å². The summed E-state index contributed by atoms with van der Waals surface area (Å²) in [7, 11) is 0. The van der Waals surface area contributed by atoms with Gasteiger partial charge in [-0.25, -0.2) is 4.79 Å². The fourth-order valence-corrected chi connectivity index (χ4v) is 6.13. The molecule has 2 aliphatic rings. The molecule has 0 bridgehead atoms. The van der Waals surface area contributed by atoms with Crippen LogP contribution in [-0.2, 0) is 28.8 Å². The lowest BCUT2D eigenvalue weighted by molar-refractivity contribution is -0.140. The average Bonchev–Trinajstić information content (AvgIpc) is 2.93. The molecule has 1 fully saturated rings. The van der Waals surface area contributed by atoms with Crippen molar-refractivity contribution in [2.24, 2.45) is 5.92 Å². The van der Waals surface area contributed by atoms with Crippen molar-refractivity contribution >= 4 is 11.9 Å². The smallest absolute Gasteiger partial charge is 0.326 e. The molecule has 8 heteroatoms. The van der Waals surface area contributed by atoms with E-state index in [9.17, 15) is 19.5 Å². The van der Waals surface area contributed by atoms with Crippen LogP contribution in [0.4, 0.5) is 0 Å². The third kappa shape index (κ3) is 6.76. The summed E-state index contributed by atoms with van der Waals surface area (Å²) >= 11 is 0. The van der Waals surface area contributed by atoms with Crippen LogP contribution in [0.5, 0.6) is 0 Å². The van der Waals surface area contributed by atoms with Crippen LogP contribution in [0.1, 0.15) is 77.1 Å². The molecule has 1 atom stereocenters. The summed E-state index contributed by atoms with van der Waals surface area (Å²) in [6.07, 6.45) is 9.04. The number of carboxylic acids is 1. The standard InChI is InChI=1S/C33H39N3O5/c1-21-18-30(37)36(26-9-4-3-5-10-26)22(2)31(21)32(38)35-29(33(39)40)16-17-41-27-19-23(20-27)12-14-25-15-13-24-8-6-7-11-28(24)34-25/h3-5,9-10,13,15,18,23,27,29H,6-8,11-12,14,16-17,19-20H2,1-2H3,(H,35,38)(H,39,40)/t23?,27?,29-/m0/s1. The number of hydrogen-bond donors (Lipinski definition) is 2. The summed E-state index contributed by atoms with van der Waals surface area (Å²) in [4.78, 5) is 42.8. The largest absolute Gasteiger partial charge is 0.480 e. The van der Waals surface area contributed by atoms with Gasteiger partial charge in [0.2, 0.25) is 0 Å². The van der Waals surface area contributed by atoms with E-state index in [-0.39, 0.29) is 24.7 Å². The molecule has 2 aromatic heterocycles. The van der Waals surface area contributed by atoms with Crippen LogP contribution in [0.15, 0.2) is 53.3 Å². The van der Waals surface area contributed by atoms with Crippen molar-refractivity contribution in [1.29, 1.82) is 0 Å². The highest BCUT2D eigenvalue weighted by Crippen LogP contribution is 2.34. The normalized spacial score (nSPS) is 18.7. The number of hydrogen-bond acceptors (Lipinski definition) is 5. The number of ether oxygens (including phenoxy) is 1. The SMILES string of the molecule is Cc1cc(=O)n(-c2ccccc2)c(C)c1C(=O)N[C@@H](CCOC1CC(CCc2ccc3c(n2)CCCC3)C1)C(=O)O. The Labute approximate surface area is 240 Å². The molecule has 0 aliphatic heterocycles. The van der Waals surface area contributed by atoms with Crippen molar-refractivity contribution in [3.8, 4) is 5.69 Å². The lowest BCUT2D eigenvalue weighted by Gasteiger charge is -2.35. The lowest BCUT2D eigenvalue weighted by atomic mass is 9.79. The Morgan fingerprint density at radius 1 is 1.10 bits per heavy atom. The summed E-state index contributed by atoms with van der Waals surface area (Å²) in [6.45, 7) is 3.64. The molecule has 216 valence electrons. The fourth-order valence-electron chi connectivity index (χ4n) is 6.13. The number of benzene rings is 1. The average molecular weight is 558 g/mol. The number of carbonyl (C=O) groups is 2. The number of para-hydroxylation sites is 1. The maximum atomic E-state index is 13.2. The lowest BCUT2D eigenvalue weighted by Crippen LogP contribution is -2.43. The molecule has 2 N–H and O–H groups in total. The zero-order chi connectivity index (χ0) is 28.9. The Morgan fingerprint density at radius 3 is 2.61 bits per heavy atom. The summed E-state index contributed by atoms with van der Waals surface area (Å²) in [5, 5.41) is 12.4. The molecular weight excluding hydrogens is 518 g/mol. The first-order chi connectivity index (χ1) is 19.8. The molecule has 8 nitrogen and oxygen atoms in total. The minimum Gasteiger partial charge on any atom is -0.480 e. The van der Waals surface area contributed by atoms with Crippen LogP contribution in [-0.4, -0.2) is 45.3 Å². The number of nitrogens with zero attached hydrogens (tertiary/aromatic N) is 2. The van der Waals surface area contributed by atoms with Crippen molar-refractivity contribution in [2.75, 3.05) is 6.61 Å².